The van der Waals surface area contributed by atoms with E-state index in [2.05, 4.69) is 57.3 Å². The number of hydrogen-bond donors (Lipinski definition) is 1. The number of hydrogen-bond acceptors (Lipinski definition) is 1. The first-order valence-electron chi connectivity index (χ1n) is 8.30. The average Bonchev–Trinajstić information content (AvgIpc) is 2.42. The molecule has 1 saturated carbocycles. The Morgan fingerprint density at radius 2 is 1.75 bits per heavy atom. The van der Waals surface area contributed by atoms with Crippen LogP contribution in [0.5, 0.6) is 0 Å². The summed E-state index contributed by atoms with van der Waals surface area (Å²) >= 11 is 0. The van der Waals surface area contributed by atoms with Crippen LogP contribution in [0.3, 0.4) is 0 Å². The van der Waals surface area contributed by atoms with Gasteiger partial charge in [-0.15, -0.1) is 0 Å². The SMILES string of the molecule is Cc1ccc(C2(CNCC(C)C)CCC(C)CC2)cc1. The van der Waals surface area contributed by atoms with Gasteiger partial charge in [-0.2, -0.15) is 0 Å². The molecule has 0 saturated heterocycles. The first kappa shape index (κ1) is 15.6. The standard InChI is InChI=1S/C19H31N/c1-15(2)13-20-14-19(11-9-17(4)10-12-19)18-7-5-16(3)6-8-18/h5-8,15,17,20H,9-14H2,1-4H3. The highest BCUT2D eigenvalue weighted by Crippen LogP contribution is 2.41. The molecule has 0 radical (unpaired) electrons. The van der Waals surface area contributed by atoms with Gasteiger partial charge in [0.25, 0.3) is 0 Å². The van der Waals surface area contributed by atoms with Crippen LogP contribution in [0.4, 0.5) is 0 Å². The van der Waals surface area contributed by atoms with Crippen LogP contribution in [0.1, 0.15) is 57.6 Å². The molecule has 0 aliphatic heterocycles. The Kier molecular flexibility index (Phi) is 5.26. The van der Waals surface area contributed by atoms with Crippen LogP contribution in [0.25, 0.3) is 0 Å². The van der Waals surface area contributed by atoms with Gasteiger partial charge in [-0.3, -0.25) is 0 Å². The van der Waals surface area contributed by atoms with Crippen LogP contribution in [-0.4, -0.2) is 13.1 Å². The highest BCUT2D eigenvalue weighted by atomic mass is 14.9. The fourth-order valence-corrected chi connectivity index (χ4v) is 3.39. The Morgan fingerprint density at radius 1 is 1.15 bits per heavy atom. The molecule has 1 aromatic carbocycles. The molecule has 1 nitrogen and oxygen atoms in total. The largest absolute Gasteiger partial charge is 0.316 e. The second-order valence-electron chi connectivity index (χ2n) is 7.35. The summed E-state index contributed by atoms with van der Waals surface area (Å²) in [6, 6.07) is 9.28. The molecule has 1 aliphatic carbocycles. The molecule has 0 bridgehead atoms. The van der Waals surface area contributed by atoms with Gasteiger partial charge in [-0.25, -0.2) is 0 Å². The van der Waals surface area contributed by atoms with Crippen molar-refractivity contribution in [2.24, 2.45) is 11.8 Å². The Labute approximate surface area is 125 Å². The first-order valence-corrected chi connectivity index (χ1v) is 8.30. The third-order valence-electron chi connectivity index (χ3n) is 4.91. The highest BCUT2D eigenvalue weighted by Gasteiger charge is 2.35. The summed E-state index contributed by atoms with van der Waals surface area (Å²) in [5, 5.41) is 3.72. The van der Waals surface area contributed by atoms with E-state index in [4.69, 9.17) is 0 Å². The minimum Gasteiger partial charge on any atom is -0.316 e. The summed E-state index contributed by atoms with van der Waals surface area (Å²) in [4.78, 5) is 0. The Bertz CT molecular complexity index is 396. The molecule has 20 heavy (non-hydrogen) atoms. The van der Waals surface area contributed by atoms with E-state index < -0.39 is 0 Å². The van der Waals surface area contributed by atoms with Gasteiger partial charge >= 0.3 is 0 Å². The van der Waals surface area contributed by atoms with E-state index in [1.54, 1.807) is 5.56 Å². The van der Waals surface area contributed by atoms with Gasteiger partial charge < -0.3 is 5.32 Å². The topological polar surface area (TPSA) is 12.0 Å². The highest BCUT2D eigenvalue weighted by molar-refractivity contribution is 5.30. The molecule has 0 atom stereocenters. The maximum Gasteiger partial charge on any atom is 0.00779 e. The van der Waals surface area contributed by atoms with Crippen LogP contribution in [0.15, 0.2) is 24.3 Å². The summed E-state index contributed by atoms with van der Waals surface area (Å²) < 4.78 is 0. The van der Waals surface area contributed by atoms with E-state index in [-0.39, 0.29) is 0 Å². The van der Waals surface area contributed by atoms with Gasteiger partial charge in [0.15, 0.2) is 0 Å². The Balaban J connectivity index is 2.13. The third-order valence-corrected chi connectivity index (χ3v) is 4.91. The Hall–Kier alpha value is -0.820. The molecule has 2 rings (SSSR count). The number of aryl methyl sites for hydroxylation is 1. The number of benzene rings is 1. The lowest BCUT2D eigenvalue weighted by Crippen LogP contribution is -2.42. The number of rotatable bonds is 5. The van der Waals surface area contributed by atoms with Crippen molar-refractivity contribution in [3.63, 3.8) is 0 Å². The van der Waals surface area contributed by atoms with Gasteiger partial charge in [0, 0.05) is 12.0 Å². The van der Waals surface area contributed by atoms with Gasteiger partial charge in [0.1, 0.15) is 0 Å². The van der Waals surface area contributed by atoms with E-state index in [0.717, 1.165) is 24.9 Å². The average molecular weight is 273 g/mol. The van der Waals surface area contributed by atoms with Crippen molar-refractivity contribution in [2.45, 2.75) is 58.8 Å². The normalized spacial score (nSPS) is 26.9. The van der Waals surface area contributed by atoms with E-state index >= 15 is 0 Å². The predicted molar refractivity (Wildman–Crippen MR) is 88.2 cm³/mol. The molecule has 1 heteroatoms. The second kappa shape index (κ2) is 6.76. The van der Waals surface area contributed by atoms with Gasteiger partial charge in [-0.1, -0.05) is 50.6 Å². The molecule has 0 aromatic heterocycles. The van der Waals surface area contributed by atoms with E-state index in [1.807, 2.05) is 0 Å². The van der Waals surface area contributed by atoms with Crippen molar-refractivity contribution in [2.75, 3.05) is 13.1 Å². The zero-order valence-corrected chi connectivity index (χ0v) is 13.7. The maximum atomic E-state index is 3.72. The summed E-state index contributed by atoms with van der Waals surface area (Å²) in [6.45, 7) is 11.4. The van der Waals surface area contributed by atoms with Crippen molar-refractivity contribution in [1.29, 1.82) is 0 Å². The fourth-order valence-electron chi connectivity index (χ4n) is 3.39. The van der Waals surface area contributed by atoms with Crippen molar-refractivity contribution in [1.82, 2.24) is 5.32 Å². The van der Waals surface area contributed by atoms with E-state index in [1.165, 1.54) is 31.2 Å². The first-order chi connectivity index (χ1) is 9.52. The molecule has 1 N–H and O–H groups in total. The molecule has 112 valence electrons. The lowest BCUT2D eigenvalue weighted by molar-refractivity contribution is 0.231. The van der Waals surface area contributed by atoms with E-state index in [9.17, 15) is 0 Å². The smallest absolute Gasteiger partial charge is 0.00779 e. The minimum atomic E-state index is 0.370. The molecule has 0 heterocycles. The molecule has 0 unspecified atom stereocenters. The van der Waals surface area contributed by atoms with Gasteiger partial charge in [0.2, 0.25) is 0 Å². The third kappa shape index (κ3) is 3.85. The van der Waals surface area contributed by atoms with Gasteiger partial charge in [-0.05, 0) is 56.6 Å². The van der Waals surface area contributed by atoms with Crippen LogP contribution >= 0.6 is 0 Å². The molecule has 1 fully saturated rings. The zero-order chi connectivity index (χ0) is 14.6. The summed E-state index contributed by atoms with van der Waals surface area (Å²) in [5.74, 6) is 1.63. The lowest BCUT2D eigenvalue weighted by Gasteiger charge is -2.40. The summed E-state index contributed by atoms with van der Waals surface area (Å²) in [5.41, 5.74) is 3.28. The van der Waals surface area contributed by atoms with Crippen LogP contribution in [0, 0.1) is 18.8 Å². The lowest BCUT2D eigenvalue weighted by atomic mass is 9.67. The summed E-state index contributed by atoms with van der Waals surface area (Å²) in [6.07, 6.45) is 5.42. The zero-order valence-electron chi connectivity index (χ0n) is 13.7. The van der Waals surface area contributed by atoms with Crippen LogP contribution < -0.4 is 5.32 Å². The van der Waals surface area contributed by atoms with Crippen molar-refractivity contribution in [3.8, 4) is 0 Å². The predicted octanol–water partition coefficient (Wildman–Crippen LogP) is 4.69. The minimum absolute atomic E-state index is 0.370. The fraction of sp³-hybridized carbons (Fsp3) is 0.684. The van der Waals surface area contributed by atoms with E-state index in [0.29, 0.717) is 5.41 Å². The molecule has 1 aliphatic rings. The van der Waals surface area contributed by atoms with Crippen LogP contribution in [0.2, 0.25) is 0 Å². The van der Waals surface area contributed by atoms with Crippen molar-refractivity contribution in [3.05, 3.63) is 35.4 Å². The second-order valence-corrected chi connectivity index (χ2v) is 7.35. The summed E-state index contributed by atoms with van der Waals surface area (Å²) in [7, 11) is 0. The number of nitrogens with one attached hydrogen (secondary N) is 1. The molecule has 0 spiro atoms. The van der Waals surface area contributed by atoms with Crippen molar-refractivity contribution < 1.29 is 0 Å². The molecular weight excluding hydrogens is 242 g/mol. The van der Waals surface area contributed by atoms with Crippen molar-refractivity contribution >= 4 is 0 Å². The monoisotopic (exact) mass is 273 g/mol. The van der Waals surface area contributed by atoms with Gasteiger partial charge in [0.05, 0.1) is 0 Å². The molecular formula is C19H31N. The molecule has 0 amide bonds. The maximum absolute atomic E-state index is 3.72. The molecule has 1 aromatic rings. The van der Waals surface area contributed by atoms with Crippen LogP contribution in [-0.2, 0) is 5.41 Å². The quantitative estimate of drug-likeness (QED) is 0.820. The Morgan fingerprint density at radius 3 is 2.30 bits per heavy atom.